The molecule has 0 bridgehead atoms. The maximum Gasteiger partial charge on any atom is 0.460 e. The molecule has 0 aliphatic heterocycles. The average molecular weight is 1390 g/mol. The smallest absolute Gasteiger partial charge is 0.449 e. The fourth-order valence-corrected chi connectivity index (χ4v) is 10.7. The number of sulfonamides is 1. The second-order valence-electron chi connectivity index (χ2n) is 21.4. The van der Waals surface area contributed by atoms with Crippen molar-refractivity contribution in [3.8, 4) is 0 Å². The second kappa shape index (κ2) is 29.3. The predicted octanol–water partition coefficient (Wildman–Crippen LogP) is 14.8. The number of benzene rings is 6. The lowest BCUT2D eigenvalue weighted by Gasteiger charge is -2.43. The first-order chi connectivity index (χ1) is 44.8. The lowest BCUT2D eigenvalue weighted by Crippen LogP contribution is -2.75. The number of nitrogens with zero attached hydrogens (tertiary/aromatic N) is 4. The molecule has 1 heterocycles. The van der Waals surface area contributed by atoms with Crippen LogP contribution in [0.1, 0.15) is 64.0 Å². The van der Waals surface area contributed by atoms with Gasteiger partial charge in [0.15, 0.2) is 11.9 Å². The standard InChI is InChI=1S/C64H57F17N8O6S/c1-3-88-33-6-5-7-52(88)32-35-94-55(90)86-50-28-18-45(19-29-50)39-43-14-26-49(27-15-43)85-54(83)46-20-8-40(9-21-46)37-42-12-24-48(25-13-42)84-53(82)47-22-10-41(11-23-47)38-44-16-30-51(31-17-44)87-56(91)95-36-34-89(4-2)96(92,93)64(80,81)62(75,76)60(71,72)58(67,68)57(65,66)59(69,70)61(73,74)63(77,78)79/h5-31,33H,3-4,32,34-39H2,1-2H3,(H5-,82,83,84,85,86,87,90,91)/p+1. The Morgan fingerprint density at radius 2 is 0.812 bits per heavy atom. The zero-order chi connectivity index (χ0) is 70.9. The Morgan fingerprint density at radius 3 is 1.18 bits per heavy atom. The topological polar surface area (TPSA) is 195 Å². The molecular weight excluding hydrogens is 1330 g/mol. The van der Waals surface area contributed by atoms with Crippen molar-refractivity contribution in [2.45, 2.75) is 93.0 Å². The summed E-state index contributed by atoms with van der Waals surface area (Å²) in [5.41, 5.74) is 22.5. The average Bonchev–Trinajstić information content (AvgIpc) is 0.691. The van der Waals surface area contributed by atoms with Crippen LogP contribution in [-0.4, -0.2) is 110 Å². The van der Waals surface area contributed by atoms with Crippen LogP contribution in [0.5, 0.6) is 0 Å². The number of likely N-dealkylation sites (N-methyl/N-ethyl adjacent to an activating group) is 1. The molecule has 0 aliphatic rings. The molecule has 0 fully saturated rings. The van der Waals surface area contributed by atoms with E-state index in [0.717, 1.165) is 45.6 Å². The number of aryl methyl sites for hydroxylation is 1. The monoisotopic (exact) mass is 1390 g/mol. The van der Waals surface area contributed by atoms with Crippen molar-refractivity contribution in [3.05, 3.63) is 220 Å². The molecular formula is C64H58F17N8O6S+. The molecule has 7 rings (SSSR count). The molecule has 514 valence electrons. The zero-order valence-electron chi connectivity index (χ0n) is 50.3. The molecule has 2 amide bonds. The van der Waals surface area contributed by atoms with E-state index in [-0.39, 0.29) is 18.1 Å². The van der Waals surface area contributed by atoms with E-state index in [9.17, 15) is 92.6 Å². The number of nitrogens with one attached hydrogen (secondary N) is 2. The summed E-state index contributed by atoms with van der Waals surface area (Å²) in [6.45, 7) is -1.00. The van der Waals surface area contributed by atoms with Gasteiger partial charge in [-0.25, -0.2) is 32.6 Å². The van der Waals surface area contributed by atoms with Crippen molar-refractivity contribution >= 4 is 56.6 Å². The van der Waals surface area contributed by atoms with Gasteiger partial charge in [-0.05, 0) is 108 Å². The summed E-state index contributed by atoms with van der Waals surface area (Å²) in [7, 11) is -7.58. The normalized spacial score (nSPS) is 13.4. The van der Waals surface area contributed by atoms with Crippen LogP contribution in [0.3, 0.4) is 0 Å². The van der Waals surface area contributed by atoms with Gasteiger partial charge in [-0.2, -0.15) is 78.9 Å². The van der Waals surface area contributed by atoms with Gasteiger partial charge < -0.3 is 20.9 Å². The van der Waals surface area contributed by atoms with E-state index < -0.39 is 93.2 Å². The van der Waals surface area contributed by atoms with Crippen LogP contribution >= 0.6 is 0 Å². The maximum atomic E-state index is 14.8. The number of halogens is 17. The number of alkyl halides is 17. The van der Waals surface area contributed by atoms with E-state index in [0.29, 0.717) is 66.6 Å². The Balaban J connectivity index is 0.838. The van der Waals surface area contributed by atoms with Crippen LogP contribution in [0, 0.1) is 0 Å². The van der Waals surface area contributed by atoms with Crippen LogP contribution < -0.4 is 26.7 Å². The molecule has 0 unspecified atom stereocenters. The number of ether oxygens (including phenoxy) is 2. The van der Waals surface area contributed by atoms with E-state index in [1.165, 1.54) is 24.3 Å². The van der Waals surface area contributed by atoms with Crippen molar-refractivity contribution < 1.29 is 107 Å². The molecule has 14 nitrogen and oxygen atoms in total. The largest absolute Gasteiger partial charge is 0.460 e. The van der Waals surface area contributed by atoms with E-state index in [1.807, 2.05) is 121 Å². The number of rotatable bonds is 28. The molecule has 1 aromatic heterocycles. The number of hydrogen-bond donors (Lipinski definition) is 4. The third-order valence-electron chi connectivity index (χ3n) is 14.7. The molecule has 7 aromatic rings. The number of amides is 2. The van der Waals surface area contributed by atoms with Gasteiger partial charge in [0, 0.05) is 47.7 Å². The van der Waals surface area contributed by atoms with Crippen molar-refractivity contribution in [2.75, 3.05) is 36.9 Å². The van der Waals surface area contributed by atoms with Crippen molar-refractivity contribution in [1.29, 1.82) is 0 Å². The molecule has 96 heavy (non-hydrogen) atoms. The number of pyridine rings is 1. The minimum absolute atomic E-state index is 0.0313. The first-order valence-electron chi connectivity index (χ1n) is 28.6. The molecule has 0 saturated carbocycles. The van der Waals surface area contributed by atoms with Crippen LogP contribution in [0.4, 0.5) is 107 Å². The highest BCUT2D eigenvalue weighted by Gasteiger charge is 2.96. The fourth-order valence-electron chi connectivity index (χ4n) is 9.25. The number of amidine groups is 2. The third-order valence-corrected chi connectivity index (χ3v) is 16.8. The number of aliphatic imine (C=N–C) groups is 2. The number of aromatic nitrogens is 1. The van der Waals surface area contributed by atoms with Crippen LogP contribution in [-0.2, 0) is 51.7 Å². The quantitative estimate of drug-likeness (QED) is 0.0161. The first kappa shape index (κ1) is 74.1. The van der Waals surface area contributed by atoms with Crippen molar-refractivity contribution in [1.82, 2.24) is 4.31 Å². The molecule has 6 N–H and O–H groups in total. The Morgan fingerprint density at radius 1 is 0.469 bits per heavy atom. The Kier molecular flexibility index (Phi) is 22.6. The van der Waals surface area contributed by atoms with Gasteiger partial charge in [0.05, 0.1) is 17.8 Å². The summed E-state index contributed by atoms with van der Waals surface area (Å²) < 4.78 is 270. The van der Waals surface area contributed by atoms with Crippen molar-refractivity contribution in [2.24, 2.45) is 21.5 Å². The van der Waals surface area contributed by atoms with E-state index in [2.05, 4.69) is 36.8 Å². The van der Waals surface area contributed by atoms with Crippen molar-refractivity contribution in [3.63, 3.8) is 0 Å². The molecule has 6 aromatic carbocycles. The highest BCUT2D eigenvalue weighted by molar-refractivity contribution is 7.90. The number of nitrogens with two attached hydrogens (primary N) is 2. The molecule has 0 aliphatic carbocycles. The number of carbonyl (C=O) groups excluding carboxylic acids is 2. The molecule has 0 spiro atoms. The van der Waals surface area contributed by atoms with E-state index in [1.54, 1.807) is 24.3 Å². The van der Waals surface area contributed by atoms with Gasteiger partial charge in [-0.1, -0.05) is 110 Å². The summed E-state index contributed by atoms with van der Waals surface area (Å²) >= 11 is 0. The highest BCUT2D eigenvalue weighted by atomic mass is 32.2. The number of carbonyl (C=O) groups is 2. The Labute approximate surface area is 537 Å². The van der Waals surface area contributed by atoms with Gasteiger partial charge >= 0.3 is 59.2 Å². The number of anilines is 2. The Bertz CT molecular complexity index is 4000. The third kappa shape index (κ3) is 16.1. The zero-order valence-corrected chi connectivity index (χ0v) is 51.1. The molecule has 0 radical (unpaired) electrons. The van der Waals surface area contributed by atoms with E-state index in [4.69, 9.17) is 16.2 Å². The highest BCUT2D eigenvalue weighted by Crippen LogP contribution is 2.64. The number of hydrogen-bond acceptors (Lipinski definition) is 8. The summed E-state index contributed by atoms with van der Waals surface area (Å²) in [6, 6.07) is 49.0. The minimum atomic E-state index is -8.97. The maximum absolute atomic E-state index is 14.8. The first-order valence-corrected chi connectivity index (χ1v) is 30.0. The lowest BCUT2D eigenvalue weighted by molar-refractivity contribution is -0.700. The lowest BCUT2D eigenvalue weighted by atomic mass is 9.91. The van der Waals surface area contributed by atoms with Crippen LogP contribution in [0.2, 0.25) is 0 Å². The summed E-state index contributed by atoms with van der Waals surface area (Å²) in [5, 5.41) is -2.88. The molecule has 32 heteroatoms. The second-order valence-corrected chi connectivity index (χ2v) is 23.3. The van der Waals surface area contributed by atoms with Gasteiger partial charge in [0.1, 0.15) is 31.4 Å². The van der Waals surface area contributed by atoms with E-state index >= 15 is 0 Å². The molecule has 0 saturated heterocycles. The van der Waals surface area contributed by atoms with Crippen LogP contribution in [0.15, 0.2) is 180 Å². The van der Waals surface area contributed by atoms with Gasteiger partial charge in [-0.15, -0.1) is 0 Å². The van der Waals surface area contributed by atoms with Crippen LogP contribution in [0.25, 0.3) is 0 Å². The molecule has 0 atom stereocenters. The summed E-state index contributed by atoms with van der Waals surface area (Å²) in [4.78, 5) is 33.9. The van der Waals surface area contributed by atoms with Gasteiger partial charge in [0.2, 0.25) is 0 Å². The Hall–Kier alpha value is -9.33. The van der Waals surface area contributed by atoms with Gasteiger partial charge in [-0.3, -0.25) is 10.6 Å². The SMILES string of the molecule is CCN(CCOC(=O)Nc1ccc(Cc2ccc(C(N)=Nc3ccc(Cc4ccc(C(N)=Nc5ccc(Cc6ccc(NC(=O)OCCc7cccc[n+]7CC)cc6)cc5)cc4)cc3)cc2)cc1)S(=O)(=O)C(F)(F)C(F)(F)C(F)(F)C(F)(F)C(F)(F)C(F)(F)C(F)(F)C(F)(F)F. The predicted molar refractivity (Wildman–Crippen MR) is 321 cm³/mol. The minimum Gasteiger partial charge on any atom is -0.449 e. The summed E-state index contributed by atoms with van der Waals surface area (Å²) in [5.74, 6) is -51.8. The summed E-state index contributed by atoms with van der Waals surface area (Å²) in [6.07, 6.45) is -5.82. The fraction of sp³-hybridized carbons (Fsp3) is 0.297. The van der Waals surface area contributed by atoms with Gasteiger partial charge in [0.25, 0.3) is 10.0 Å².